The van der Waals surface area contributed by atoms with Gasteiger partial charge in [-0.1, -0.05) is 31.7 Å². The quantitative estimate of drug-likeness (QED) is 0.553. The summed E-state index contributed by atoms with van der Waals surface area (Å²) in [6.45, 7) is 0. The molecule has 1 aliphatic carbocycles. The Labute approximate surface area is 190 Å². The topological polar surface area (TPSA) is 90.8 Å². The van der Waals surface area contributed by atoms with Crippen molar-refractivity contribution in [2.24, 2.45) is 5.92 Å². The maximum Gasteiger partial charge on any atom is 0.341 e. The van der Waals surface area contributed by atoms with Gasteiger partial charge in [0.1, 0.15) is 11.0 Å². The fraction of sp³-hybridized carbons (Fsp3) is 0.375. The molecule has 1 N–H and O–H groups in total. The molecule has 2 heterocycles. The molecule has 7 nitrogen and oxygen atoms in total. The number of hydrogen-bond donors (Lipinski definition) is 1. The van der Waals surface area contributed by atoms with Crippen LogP contribution in [0.4, 0.5) is 0 Å². The highest BCUT2D eigenvalue weighted by Crippen LogP contribution is 2.49. The Morgan fingerprint density at radius 2 is 1.81 bits per heavy atom. The highest BCUT2D eigenvalue weighted by atomic mass is 32.1. The lowest BCUT2D eigenvalue weighted by Crippen LogP contribution is -2.29. The third-order valence-electron chi connectivity index (χ3n) is 6.44. The molecule has 1 saturated carbocycles. The monoisotopic (exact) mass is 452 g/mol. The number of cyclic esters (lactones) is 1. The molecule has 1 unspecified atom stereocenters. The summed E-state index contributed by atoms with van der Waals surface area (Å²) < 4.78 is 25.0. The molecule has 1 aliphatic heterocycles. The van der Waals surface area contributed by atoms with E-state index >= 15 is 0 Å². The molecule has 8 heteroatoms. The average Bonchev–Trinajstić information content (AvgIpc) is 3.53. The van der Waals surface area contributed by atoms with Crippen LogP contribution in [0.5, 0.6) is 11.5 Å². The number of fused-ring (bicyclic) bond motifs is 1. The number of aromatic nitrogens is 2. The van der Waals surface area contributed by atoms with Crippen LogP contribution in [0.3, 0.4) is 0 Å². The van der Waals surface area contributed by atoms with Crippen LogP contribution in [0.15, 0.2) is 42.0 Å². The molecule has 0 spiro atoms. The molecule has 5 rings (SSSR count). The van der Waals surface area contributed by atoms with Gasteiger partial charge in [-0.2, -0.15) is 8.75 Å². The number of aliphatic hydroxyl groups is 1. The Kier molecular flexibility index (Phi) is 5.35. The van der Waals surface area contributed by atoms with Gasteiger partial charge in [0, 0.05) is 11.1 Å². The second-order valence-corrected chi connectivity index (χ2v) is 8.81. The SMILES string of the molecule is COc1ccc(C2(O)OC(=O)C(c3ccc4nsnc4c3)=C2CC2CCCC2)cc1OC. The first-order valence-corrected chi connectivity index (χ1v) is 11.4. The van der Waals surface area contributed by atoms with E-state index in [0.717, 1.165) is 48.4 Å². The molecule has 0 amide bonds. The molecule has 0 radical (unpaired) electrons. The second-order valence-electron chi connectivity index (χ2n) is 8.28. The Hall–Kier alpha value is -2.97. The molecule has 3 aromatic rings. The van der Waals surface area contributed by atoms with Gasteiger partial charge in [0.2, 0.25) is 0 Å². The molecular formula is C24H24N2O5S. The molecule has 1 atom stereocenters. The summed E-state index contributed by atoms with van der Waals surface area (Å²) in [7, 11) is 3.08. The van der Waals surface area contributed by atoms with E-state index < -0.39 is 11.8 Å². The van der Waals surface area contributed by atoms with Crippen LogP contribution in [0.2, 0.25) is 0 Å². The molecule has 2 aromatic carbocycles. The van der Waals surface area contributed by atoms with Gasteiger partial charge in [0.15, 0.2) is 11.5 Å². The van der Waals surface area contributed by atoms with Gasteiger partial charge in [0.05, 0.1) is 31.5 Å². The average molecular weight is 453 g/mol. The van der Waals surface area contributed by atoms with Crippen LogP contribution < -0.4 is 9.47 Å². The van der Waals surface area contributed by atoms with Crippen molar-refractivity contribution in [2.75, 3.05) is 14.2 Å². The summed E-state index contributed by atoms with van der Waals surface area (Å²) in [6, 6.07) is 10.6. The summed E-state index contributed by atoms with van der Waals surface area (Å²) in [5.74, 6) is -1.03. The van der Waals surface area contributed by atoms with Crippen LogP contribution in [0.1, 0.15) is 43.2 Å². The molecule has 166 valence electrons. The van der Waals surface area contributed by atoms with E-state index in [1.54, 1.807) is 25.3 Å². The molecule has 2 aliphatic rings. The summed E-state index contributed by atoms with van der Waals surface area (Å²) >= 11 is 1.13. The lowest BCUT2D eigenvalue weighted by atomic mass is 9.85. The first-order valence-electron chi connectivity index (χ1n) is 10.7. The first-order chi connectivity index (χ1) is 15.5. The van der Waals surface area contributed by atoms with Crippen molar-refractivity contribution in [1.29, 1.82) is 0 Å². The molecule has 1 aromatic heterocycles. The highest BCUT2D eigenvalue weighted by molar-refractivity contribution is 7.00. The van der Waals surface area contributed by atoms with Crippen LogP contribution in [0, 0.1) is 5.92 Å². The minimum Gasteiger partial charge on any atom is -0.493 e. The number of esters is 1. The van der Waals surface area contributed by atoms with Gasteiger partial charge in [-0.3, -0.25) is 0 Å². The van der Waals surface area contributed by atoms with E-state index in [1.165, 1.54) is 7.11 Å². The van der Waals surface area contributed by atoms with E-state index in [4.69, 9.17) is 14.2 Å². The van der Waals surface area contributed by atoms with Gasteiger partial charge >= 0.3 is 5.97 Å². The number of benzene rings is 2. The lowest BCUT2D eigenvalue weighted by molar-refractivity contribution is -0.185. The van der Waals surface area contributed by atoms with E-state index in [1.807, 2.05) is 18.2 Å². The van der Waals surface area contributed by atoms with Gasteiger partial charge in [-0.15, -0.1) is 0 Å². The van der Waals surface area contributed by atoms with Crippen molar-refractivity contribution >= 4 is 34.3 Å². The number of methoxy groups -OCH3 is 2. The van der Waals surface area contributed by atoms with Crippen molar-refractivity contribution in [3.8, 4) is 11.5 Å². The van der Waals surface area contributed by atoms with Crippen molar-refractivity contribution in [3.63, 3.8) is 0 Å². The van der Waals surface area contributed by atoms with Crippen LogP contribution in [0.25, 0.3) is 16.6 Å². The number of carbonyl (C=O) groups is 1. The summed E-state index contributed by atoms with van der Waals surface area (Å²) in [5, 5.41) is 11.8. The van der Waals surface area contributed by atoms with E-state index in [-0.39, 0.29) is 0 Å². The zero-order valence-corrected chi connectivity index (χ0v) is 18.8. The fourth-order valence-corrected chi connectivity index (χ4v) is 5.31. The number of nitrogens with zero attached hydrogens (tertiary/aromatic N) is 2. The van der Waals surface area contributed by atoms with Gasteiger partial charge in [-0.05, 0) is 48.2 Å². The Morgan fingerprint density at radius 3 is 2.56 bits per heavy atom. The van der Waals surface area contributed by atoms with Crippen LogP contribution in [-0.2, 0) is 15.3 Å². The summed E-state index contributed by atoms with van der Waals surface area (Å²) in [4.78, 5) is 13.2. The van der Waals surface area contributed by atoms with E-state index in [9.17, 15) is 9.90 Å². The number of ether oxygens (including phenoxy) is 3. The largest absolute Gasteiger partial charge is 0.493 e. The standard InChI is InChI=1S/C24H24N2O5S/c1-29-20-10-8-16(13-21(20)30-2)24(28)17(11-14-5-3-4-6-14)22(23(27)31-24)15-7-9-18-19(12-15)26-32-25-18/h7-10,12-14,28H,3-6,11H2,1-2H3. The number of hydrogen-bond acceptors (Lipinski definition) is 8. The van der Waals surface area contributed by atoms with Crippen LogP contribution >= 0.6 is 11.7 Å². The zero-order valence-electron chi connectivity index (χ0n) is 18.0. The fourth-order valence-electron chi connectivity index (χ4n) is 4.79. The predicted molar refractivity (Wildman–Crippen MR) is 120 cm³/mol. The van der Waals surface area contributed by atoms with E-state index in [2.05, 4.69) is 8.75 Å². The van der Waals surface area contributed by atoms with Gasteiger partial charge in [0.25, 0.3) is 5.79 Å². The maximum absolute atomic E-state index is 13.2. The lowest BCUT2D eigenvalue weighted by Gasteiger charge is -2.27. The molecule has 32 heavy (non-hydrogen) atoms. The zero-order chi connectivity index (χ0) is 22.3. The normalized spacial score (nSPS) is 21.4. The summed E-state index contributed by atoms with van der Waals surface area (Å²) in [6.07, 6.45) is 5.05. The molecule has 0 saturated heterocycles. The Morgan fingerprint density at radius 1 is 1.06 bits per heavy atom. The Bertz CT molecular complexity index is 1210. The predicted octanol–water partition coefficient (Wildman–Crippen LogP) is 4.44. The molecule has 0 bridgehead atoms. The van der Waals surface area contributed by atoms with Crippen LogP contribution in [-0.4, -0.2) is 34.0 Å². The molecular weight excluding hydrogens is 428 g/mol. The first kappa shape index (κ1) is 20.9. The van der Waals surface area contributed by atoms with Crippen molar-refractivity contribution < 1.29 is 24.1 Å². The van der Waals surface area contributed by atoms with Crippen molar-refractivity contribution in [1.82, 2.24) is 8.75 Å². The summed E-state index contributed by atoms with van der Waals surface area (Å²) in [5.41, 5.74) is 3.60. The van der Waals surface area contributed by atoms with Gasteiger partial charge < -0.3 is 19.3 Å². The number of carbonyl (C=O) groups excluding carboxylic acids is 1. The third kappa shape index (κ3) is 3.43. The highest BCUT2D eigenvalue weighted by Gasteiger charge is 2.49. The van der Waals surface area contributed by atoms with Crippen molar-refractivity contribution in [3.05, 3.63) is 53.1 Å². The minimum absolute atomic E-state index is 0.394. The number of rotatable bonds is 6. The Balaban J connectivity index is 1.67. The van der Waals surface area contributed by atoms with E-state index in [0.29, 0.717) is 46.1 Å². The smallest absolute Gasteiger partial charge is 0.341 e. The minimum atomic E-state index is -1.87. The van der Waals surface area contributed by atoms with Gasteiger partial charge in [-0.25, -0.2) is 4.79 Å². The maximum atomic E-state index is 13.2. The second kappa shape index (κ2) is 8.18. The molecule has 1 fully saturated rings. The third-order valence-corrected chi connectivity index (χ3v) is 7.00. The van der Waals surface area contributed by atoms with Crippen molar-refractivity contribution in [2.45, 2.75) is 37.9 Å².